The minimum absolute atomic E-state index is 0.479. The molecule has 0 atom stereocenters. The molecular weight excluding hydrogens is 416 g/mol. The maximum atomic E-state index is 4.40. The lowest BCUT2D eigenvalue weighted by molar-refractivity contribution is -0.445. The maximum Gasteiger partial charge on any atom is 0.495 e. The van der Waals surface area contributed by atoms with Gasteiger partial charge in [-0.2, -0.15) is 5.10 Å². The fraction of sp³-hybridized carbons (Fsp3) is 0.200. The number of H-pyrrole nitrogens is 1. The zero-order chi connectivity index (χ0) is 23.6. The van der Waals surface area contributed by atoms with Crippen LogP contribution in [0.1, 0.15) is 47.4 Å². The van der Waals surface area contributed by atoms with E-state index in [4.69, 9.17) is 0 Å². The van der Waals surface area contributed by atoms with E-state index in [1.54, 1.807) is 0 Å². The molecule has 3 aromatic carbocycles. The Morgan fingerprint density at radius 3 is 2.03 bits per heavy atom. The molecule has 0 saturated carbocycles. The van der Waals surface area contributed by atoms with Gasteiger partial charge in [0.1, 0.15) is 0 Å². The molecule has 1 N–H and O–H groups in total. The number of rotatable bonds is 3. The minimum Gasteiger partial charge on any atom is -0.281 e. The van der Waals surface area contributed by atoms with Crippen LogP contribution in [0.5, 0.6) is 0 Å². The van der Waals surface area contributed by atoms with Crippen LogP contribution in [0.15, 0.2) is 84.3 Å². The molecule has 0 amide bonds. The summed E-state index contributed by atoms with van der Waals surface area (Å²) < 4.78 is 4.21. The largest absolute Gasteiger partial charge is 0.495 e. The topological polar surface area (TPSA) is 34.7 Å². The SMILES string of the molecule is CC1=C(C)[N+](c2cccc(C3(c4ccn[nH]4)c4cc(C)ccc4-c4ccc(C)cc43)c2)=C=[N+]1C. The molecule has 2 heterocycles. The van der Waals surface area contributed by atoms with Crippen LogP contribution in [0.2, 0.25) is 0 Å². The molecule has 0 saturated heterocycles. The Morgan fingerprint density at radius 1 is 0.794 bits per heavy atom. The van der Waals surface area contributed by atoms with Gasteiger partial charge in [0.2, 0.25) is 5.69 Å². The van der Waals surface area contributed by atoms with Crippen LogP contribution < -0.4 is 0 Å². The van der Waals surface area contributed by atoms with Crippen molar-refractivity contribution < 1.29 is 9.15 Å². The van der Waals surface area contributed by atoms with E-state index in [9.17, 15) is 0 Å². The first-order chi connectivity index (χ1) is 16.4. The van der Waals surface area contributed by atoms with Crippen molar-refractivity contribution in [2.45, 2.75) is 33.1 Å². The van der Waals surface area contributed by atoms with E-state index in [1.807, 2.05) is 13.2 Å². The smallest absolute Gasteiger partial charge is 0.281 e. The highest BCUT2D eigenvalue weighted by atomic mass is 15.2. The second-order valence-corrected chi connectivity index (χ2v) is 9.53. The van der Waals surface area contributed by atoms with Gasteiger partial charge in [0.05, 0.1) is 11.1 Å². The molecule has 0 bridgehead atoms. The first-order valence-electron chi connectivity index (χ1n) is 11.7. The molecule has 1 aromatic heterocycles. The van der Waals surface area contributed by atoms with Gasteiger partial charge in [-0.15, -0.1) is 0 Å². The molecule has 1 aliphatic carbocycles. The number of aryl methyl sites for hydroxylation is 2. The van der Waals surface area contributed by atoms with Crippen molar-refractivity contribution in [2.24, 2.45) is 0 Å². The normalized spacial score (nSPS) is 15.8. The monoisotopic (exact) mass is 444 g/mol. The third kappa shape index (κ3) is 2.69. The average molecular weight is 445 g/mol. The summed E-state index contributed by atoms with van der Waals surface area (Å²) >= 11 is 0. The summed E-state index contributed by atoms with van der Waals surface area (Å²) in [4.78, 5) is 0. The van der Waals surface area contributed by atoms with Gasteiger partial charge in [-0.1, -0.05) is 68.8 Å². The summed E-state index contributed by atoms with van der Waals surface area (Å²) in [5.74, 6) is 0. The Bertz CT molecular complexity index is 1530. The van der Waals surface area contributed by atoms with Crippen molar-refractivity contribution >= 4 is 11.7 Å². The Balaban J connectivity index is 1.72. The highest BCUT2D eigenvalue weighted by Crippen LogP contribution is 2.56. The number of hydrogen-bond acceptors (Lipinski definition) is 1. The fourth-order valence-electron chi connectivity index (χ4n) is 5.61. The average Bonchev–Trinajstić information content (AvgIpc) is 3.52. The molecule has 0 fully saturated rings. The molecule has 4 nitrogen and oxygen atoms in total. The molecule has 1 aliphatic heterocycles. The summed E-state index contributed by atoms with van der Waals surface area (Å²) in [6.07, 6.45) is 1.86. The van der Waals surface area contributed by atoms with Gasteiger partial charge in [-0.3, -0.25) is 5.10 Å². The van der Waals surface area contributed by atoms with Gasteiger partial charge >= 0.3 is 6.01 Å². The summed E-state index contributed by atoms with van der Waals surface area (Å²) in [6.45, 7) is 8.62. The molecule has 0 unspecified atom stereocenters. The Labute approximate surface area is 200 Å². The van der Waals surface area contributed by atoms with E-state index in [-0.39, 0.29) is 0 Å². The molecule has 34 heavy (non-hydrogen) atoms. The van der Waals surface area contributed by atoms with E-state index in [1.165, 1.54) is 50.3 Å². The Morgan fingerprint density at radius 2 is 1.47 bits per heavy atom. The molecule has 166 valence electrons. The van der Waals surface area contributed by atoms with Crippen LogP contribution >= 0.6 is 0 Å². The number of nitrogens with zero attached hydrogens (tertiary/aromatic N) is 3. The minimum atomic E-state index is -0.479. The molecule has 4 aromatic rings. The van der Waals surface area contributed by atoms with Crippen LogP contribution in [0.25, 0.3) is 11.1 Å². The van der Waals surface area contributed by atoms with E-state index < -0.39 is 5.41 Å². The number of fused-ring (bicyclic) bond motifs is 3. The van der Waals surface area contributed by atoms with Crippen LogP contribution in [-0.2, 0) is 5.41 Å². The number of allylic oxidation sites excluding steroid dienone is 2. The van der Waals surface area contributed by atoms with Crippen molar-refractivity contribution in [2.75, 3.05) is 7.05 Å². The van der Waals surface area contributed by atoms with Crippen molar-refractivity contribution in [1.82, 2.24) is 10.2 Å². The lowest BCUT2D eigenvalue weighted by Gasteiger charge is -2.32. The number of aromatic amines is 1. The number of benzene rings is 3. The lowest BCUT2D eigenvalue weighted by Crippen LogP contribution is -2.29. The van der Waals surface area contributed by atoms with E-state index >= 15 is 0 Å². The van der Waals surface area contributed by atoms with Crippen LogP contribution in [0.4, 0.5) is 5.69 Å². The zero-order valence-corrected chi connectivity index (χ0v) is 20.3. The van der Waals surface area contributed by atoms with Crippen molar-refractivity contribution in [1.29, 1.82) is 0 Å². The number of aromatic nitrogens is 2. The molecular formula is C30H28N4+2. The van der Waals surface area contributed by atoms with E-state index in [0.29, 0.717) is 0 Å². The predicted octanol–water partition coefficient (Wildman–Crippen LogP) is 6.11. The Kier molecular flexibility index (Phi) is 4.39. The second kappa shape index (κ2) is 7.24. The van der Waals surface area contributed by atoms with Gasteiger partial charge in [0, 0.05) is 32.2 Å². The number of nitrogens with one attached hydrogen (secondary N) is 1. The Hall–Kier alpha value is -4.01. The van der Waals surface area contributed by atoms with E-state index in [2.05, 4.69) is 120 Å². The highest BCUT2D eigenvalue weighted by molar-refractivity contribution is 5.86. The fourth-order valence-corrected chi connectivity index (χ4v) is 5.61. The third-order valence-corrected chi connectivity index (χ3v) is 7.50. The van der Waals surface area contributed by atoms with Crippen molar-refractivity contribution in [3.63, 3.8) is 0 Å². The van der Waals surface area contributed by atoms with Gasteiger partial charge in [-0.25, -0.2) is 0 Å². The second-order valence-electron chi connectivity index (χ2n) is 9.53. The van der Waals surface area contributed by atoms with Crippen LogP contribution in [-0.4, -0.2) is 32.4 Å². The maximum absolute atomic E-state index is 4.40. The molecule has 2 aliphatic rings. The van der Waals surface area contributed by atoms with Crippen molar-refractivity contribution in [3.8, 4) is 11.1 Å². The summed E-state index contributed by atoms with van der Waals surface area (Å²) in [7, 11) is 2.05. The highest BCUT2D eigenvalue weighted by Gasteiger charge is 2.48. The van der Waals surface area contributed by atoms with Gasteiger partial charge in [0.15, 0.2) is 7.05 Å². The van der Waals surface area contributed by atoms with Gasteiger partial charge in [-0.05, 0) is 47.7 Å². The van der Waals surface area contributed by atoms with Crippen LogP contribution in [0, 0.1) is 13.8 Å². The zero-order valence-electron chi connectivity index (χ0n) is 20.3. The third-order valence-electron chi connectivity index (χ3n) is 7.50. The first-order valence-corrected chi connectivity index (χ1v) is 11.7. The number of hydrogen-bond donors (Lipinski definition) is 1. The molecule has 6 rings (SSSR count). The molecule has 0 radical (unpaired) electrons. The van der Waals surface area contributed by atoms with Gasteiger partial charge < -0.3 is 0 Å². The standard InChI is InChI=1S/C30H28N4/c1-19-9-11-25-26-12-10-20(2)16-28(26)30(27(25)15-19,29-13-14-31-32-29)23-7-6-8-24(17-23)34-18-33(5)21(3)22(34)4/h6-17H,1-5H3,(H,31,32)/q+2. The first kappa shape index (κ1) is 20.6. The lowest BCUT2D eigenvalue weighted by atomic mass is 9.69. The summed E-state index contributed by atoms with van der Waals surface area (Å²) in [5.41, 5.74) is 13.0. The molecule has 4 heteroatoms. The summed E-state index contributed by atoms with van der Waals surface area (Å²) in [6, 6.07) is 28.1. The predicted molar refractivity (Wildman–Crippen MR) is 135 cm³/mol. The van der Waals surface area contributed by atoms with Crippen LogP contribution in [0.3, 0.4) is 0 Å². The van der Waals surface area contributed by atoms with Gasteiger partial charge in [0.25, 0.3) is 11.4 Å². The quantitative estimate of drug-likeness (QED) is 0.335. The molecule has 0 spiro atoms. The summed E-state index contributed by atoms with van der Waals surface area (Å²) in [5, 5.41) is 7.75. The van der Waals surface area contributed by atoms with E-state index in [0.717, 1.165) is 11.4 Å². The van der Waals surface area contributed by atoms with Crippen molar-refractivity contribution in [3.05, 3.63) is 118 Å².